The first-order valence-corrected chi connectivity index (χ1v) is 9.16. The van der Waals surface area contributed by atoms with E-state index in [0.717, 1.165) is 12.0 Å². The number of carbonyl (C=O) groups excluding carboxylic acids is 1. The monoisotopic (exact) mass is 411 g/mol. The number of ether oxygens (including phenoxy) is 1. The lowest BCUT2D eigenvalue weighted by Crippen LogP contribution is -2.48. The molecule has 0 spiro atoms. The highest BCUT2D eigenvalue weighted by Gasteiger charge is 2.12. The molecule has 0 aliphatic rings. The number of halogens is 1. The molecule has 0 radical (unpaired) electrons. The molecule has 0 unspecified atom stereocenters. The lowest BCUT2D eigenvalue weighted by molar-refractivity contribution is -0.124. The summed E-state index contributed by atoms with van der Waals surface area (Å²) in [6.45, 7) is 1.32. The van der Waals surface area contributed by atoms with Crippen LogP contribution in [0.15, 0.2) is 28.8 Å². The summed E-state index contributed by atoms with van der Waals surface area (Å²) < 4.78 is 10.2. The quantitative estimate of drug-likeness (QED) is 0.388. The second-order valence-electron chi connectivity index (χ2n) is 5.69. The van der Waals surface area contributed by atoms with Crippen LogP contribution in [-0.2, 0) is 16.0 Å². The topological polar surface area (TPSA) is 92.5 Å². The molecule has 1 aromatic heterocycles. The standard InChI is InChI=1S/C17H22ClN5O3S/c1-23(17(27)19-10-3-11-25-2)21-14(24)8-9-15-20-16(22-26-15)12-4-6-13(18)7-5-12/h4-7H,3,8-11H2,1-2H3,(H,19,27)(H,21,24). The summed E-state index contributed by atoms with van der Waals surface area (Å²) >= 11 is 11.1. The number of hydrazine groups is 1. The second kappa shape index (κ2) is 10.8. The second-order valence-corrected chi connectivity index (χ2v) is 6.51. The number of methoxy groups -OCH3 is 1. The van der Waals surface area contributed by atoms with Gasteiger partial charge in [0.2, 0.25) is 17.6 Å². The van der Waals surface area contributed by atoms with E-state index in [1.54, 1.807) is 38.4 Å². The van der Waals surface area contributed by atoms with Crippen LogP contribution >= 0.6 is 23.8 Å². The average molecular weight is 412 g/mol. The van der Waals surface area contributed by atoms with Crippen LogP contribution in [0.5, 0.6) is 0 Å². The summed E-state index contributed by atoms with van der Waals surface area (Å²) in [5.74, 6) is 0.642. The number of nitrogens with one attached hydrogen (secondary N) is 2. The maximum atomic E-state index is 12.1. The number of aryl methyl sites for hydroxylation is 1. The van der Waals surface area contributed by atoms with Crippen molar-refractivity contribution in [1.29, 1.82) is 0 Å². The molecule has 0 saturated heterocycles. The molecule has 0 bridgehead atoms. The minimum Gasteiger partial charge on any atom is -0.385 e. The van der Waals surface area contributed by atoms with Gasteiger partial charge in [-0.25, -0.2) is 0 Å². The number of benzene rings is 1. The molecule has 0 saturated carbocycles. The molecule has 2 aromatic rings. The van der Waals surface area contributed by atoms with Gasteiger partial charge in [0, 0.05) is 50.7 Å². The Balaban J connectivity index is 1.75. The largest absolute Gasteiger partial charge is 0.385 e. The fourth-order valence-corrected chi connectivity index (χ4v) is 2.39. The van der Waals surface area contributed by atoms with Gasteiger partial charge in [-0.3, -0.25) is 15.2 Å². The van der Waals surface area contributed by atoms with Crippen LogP contribution in [-0.4, -0.2) is 53.5 Å². The zero-order chi connectivity index (χ0) is 19.6. The Bertz CT molecular complexity index is 753. The lowest BCUT2D eigenvalue weighted by atomic mass is 10.2. The van der Waals surface area contributed by atoms with E-state index in [0.29, 0.717) is 41.4 Å². The third-order valence-electron chi connectivity index (χ3n) is 3.53. The maximum Gasteiger partial charge on any atom is 0.239 e. The molecular formula is C17H22ClN5O3S. The van der Waals surface area contributed by atoms with E-state index >= 15 is 0 Å². The molecule has 2 N–H and O–H groups in total. The molecule has 8 nitrogen and oxygen atoms in total. The number of hydrogen-bond acceptors (Lipinski definition) is 6. The summed E-state index contributed by atoms with van der Waals surface area (Å²) in [5.41, 5.74) is 3.49. The normalized spacial score (nSPS) is 10.5. The van der Waals surface area contributed by atoms with E-state index in [-0.39, 0.29) is 12.3 Å². The van der Waals surface area contributed by atoms with Gasteiger partial charge >= 0.3 is 0 Å². The average Bonchev–Trinajstić information content (AvgIpc) is 3.13. The molecule has 27 heavy (non-hydrogen) atoms. The number of carbonyl (C=O) groups is 1. The van der Waals surface area contributed by atoms with Crippen molar-refractivity contribution in [3.8, 4) is 11.4 Å². The highest BCUT2D eigenvalue weighted by Crippen LogP contribution is 2.18. The van der Waals surface area contributed by atoms with Gasteiger partial charge < -0.3 is 14.6 Å². The van der Waals surface area contributed by atoms with Gasteiger partial charge in [0.05, 0.1) is 0 Å². The van der Waals surface area contributed by atoms with E-state index in [9.17, 15) is 4.79 Å². The molecule has 0 aliphatic heterocycles. The number of hydrogen-bond donors (Lipinski definition) is 2. The Morgan fingerprint density at radius 2 is 2.11 bits per heavy atom. The fourth-order valence-electron chi connectivity index (χ4n) is 2.12. The van der Waals surface area contributed by atoms with Crippen LogP contribution in [0.2, 0.25) is 5.02 Å². The Labute approximate surface area is 168 Å². The van der Waals surface area contributed by atoms with Crippen molar-refractivity contribution in [3.63, 3.8) is 0 Å². The lowest BCUT2D eigenvalue weighted by Gasteiger charge is -2.21. The summed E-state index contributed by atoms with van der Waals surface area (Å²) in [5, 5.41) is 9.49. The van der Waals surface area contributed by atoms with Crippen LogP contribution in [0.25, 0.3) is 11.4 Å². The molecule has 10 heteroatoms. The van der Waals surface area contributed by atoms with E-state index in [1.165, 1.54) is 5.01 Å². The third kappa shape index (κ3) is 7.12. The van der Waals surface area contributed by atoms with Crippen molar-refractivity contribution in [2.75, 3.05) is 27.3 Å². The maximum absolute atomic E-state index is 12.1. The van der Waals surface area contributed by atoms with Gasteiger partial charge in [0.15, 0.2) is 5.11 Å². The molecule has 0 aliphatic carbocycles. The highest BCUT2D eigenvalue weighted by molar-refractivity contribution is 7.80. The number of nitrogens with zero attached hydrogens (tertiary/aromatic N) is 3. The van der Waals surface area contributed by atoms with E-state index < -0.39 is 0 Å². The summed E-state index contributed by atoms with van der Waals surface area (Å²) in [6.07, 6.45) is 1.35. The number of aromatic nitrogens is 2. The van der Waals surface area contributed by atoms with E-state index in [1.807, 2.05) is 0 Å². The molecule has 146 valence electrons. The predicted octanol–water partition coefficient (Wildman–Crippen LogP) is 2.20. The van der Waals surface area contributed by atoms with Gasteiger partial charge in [-0.05, 0) is 42.9 Å². The van der Waals surface area contributed by atoms with Crippen molar-refractivity contribution in [1.82, 2.24) is 25.9 Å². The number of amides is 1. The van der Waals surface area contributed by atoms with Crippen molar-refractivity contribution in [2.24, 2.45) is 0 Å². The minimum absolute atomic E-state index is 0.193. The first-order valence-electron chi connectivity index (χ1n) is 8.38. The Morgan fingerprint density at radius 3 is 2.81 bits per heavy atom. The van der Waals surface area contributed by atoms with Crippen LogP contribution in [0.1, 0.15) is 18.7 Å². The predicted molar refractivity (Wildman–Crippen MR) is 106 cm³/mol. The summed E-state index contributed by atoms with van der Waals surface area (Å²) in [4.78, 5) is 16.3. The number of thiocarbonyl (C=S) groups is 1. The Morgan fingerprint density at radius 1 is 1.37 bits per heavy atom. The van der Waals surface area contributed by atoms with Crippen LogP contribution in [0.3, 0.4) is 0 Å². The van der Waals surface area contributed by atoms with Gasteiger partial charge in [0.25, 0.3) is 0 Å². The van der Waals surface area contributed by atoms with Crippen molar-refractivity contribution < 1.29 is 14.1 Å². The highest BCUT2D eigenvalue weighted by atomic mass is 35.5. The molecular weight excluding hydrogens is 390 g/mol. The number of rotatable bonds is 8. The first kappa shape index (κ1) is 21.1. The Hall–Kier alpha value is -2.23. The van der Waals surface area contributed by atoms with Gasteiger partial charge in [0.1, 0.15) is 0 Å². The van der Waals surface area contributed by atoms with Crippen LogP contribution in [0, 0.1) is 0 Å². The SMILES string of the molecule is COCCCNC(=S)N(C)NC(=O)CCc1nc(-c2ccc(Cl)cc2)no1. The van der Waals surface area contributed by atoms with Crippen molar-refractivity contribution in [2.45, 2.75) is 19.3 Å². The molecule has 0 atom stereocenters. The minimum atomic E-state index is -0.204. The molecule has 0 fully saturated rings. The third-order valence-corrected chi connectivity index (χ3v) is 4.21. The fraction of sp³-hybridized carbons (Fsp3) is 0.412. The van der Waals surface area contributed by atoms with Crippen molar-refractivity contribution >= 4 is 34.8 Å². The molecule has 1 heterocycles. The zero-order valence-electron chi connectivity index (χ0n) is 15.2. The van der Waals surface area contributed by atoms with E-state index in [2.05, 4.69) is 20.9 Å². The van der Waals surface area contributed by atoms with Gasteiger partial charge in [-0.1, -0.05) is 16.8 Å². The smallest absolute Gasteiger partial charge is 0.239 e. The van der Waals surface area contributed by atoms with Crippen LogP contribution < -0.4 is 10.7 Å². The van der Waals surface area contributed by atoms with E-state index in [4.69, 9.17) is 33.1 Å². The van der Waals surface area contributed by atoms with Gasteiger partial charge in [-0.15, -0.1) is 0 Å². The van der Waals surface area contributed by atoms with Gasteiger partial charge in [-0.2, -0.15) is 4.98 Å². The molecule has 2 rings (SSSR count). The molecule has 1 amide bonds. The van der Waals surface area contributed by atoms with Crippen LogP contribution in [0.4, 0.5) is 0 Å². The van der Waals surface area contributed by atoms with Crippen molar-refractivity contribution in [3.05, 3.63) is 35.2 Å². The zero-order valence-corrected chi connectivity index (χ0v) is 16.8. The summed E-state index contributed by atoms with van der Waals surface area (Å²) in [7, 11) is 3.32. The summed E-state index contributed by atoms with van der Waals surface area (Å²) in [6, 6.07) is 7.11. The molecule has 1 aromatic carbocycles. The first-order chi connectivity index (χ1) is 13.0. The Kier molecular flexibility index (Phi) is 8.43.